The largest absolute Gasteiger partial charge is 0.312 e. The van der Waals surface area contributed by atoms with Crippen LogP contribution in [0.5, 0.6) is 0 Å². The van der Waals surface area contributed by atoms with Crippen molar-refractivity contribution in [2.24, 2.45) is 0 Å². The molecule has 0 atom stereocenters. The van der Waals surface area contributed by atoms with Crippen molar-refractivity contribution in [3.8, 4) is 12.3 Å². The van der Waals surface area contributed by atoms with Gasteiger partial charge in [-0.3, -0.25) is 10.1 Å². The first kappa shape index (κ1) is 12.5. The fourth-order valence-corrected chi connectivity index (χ4v) is 1.39. The lowest BCUT2D eigenvalue weighted by Gasteiger charge is -2.03. The van der Waals surface area contributed by atoms with Gasteiger partial charge in [-0.25, -0.2) is 0 Å². The van der Waals surface area contributed by atoms with Crippen molar-refractivity contribution in [3.63, 3.8) is 0 Å². The van der Waals surface area contributed by atoms with Crippen molar-refractivity contribution in [1.29, 1.82) is 0 Å². The summed E-state index contributed by atoms with van der Waals surface area (Å²) in [6, 6.07) is 4.74. The van der Waals surface area contributed by atoms with Crippen molar-refractivity contribution < 1.29 is 4.92 Å². The van der Waals surface area contributed by atoms with Crippen LogP contribution in [0.3, 0.4) is 0 Å². The Hall–Kier alpha value is -1.57. The molecular weight excluding hydrogens is 228 g/mol. The summed E-state index contributed by atoms with van der Waals surface area (Å²) in [5.74, 6) is 2.50. The van der Waals surface area contributed by atoms with E-state index in [0.717, 1.165) is 5.56 Å². The molecule has 0 saturated carbocycles. The number of nitrogens with one attached hydrogen (secondary N) is 1. The Labute approximate surface area is 98.8 Å². The molecule has 0 spiro atoms. The molecule has 0 bridgehead atoms. The van der Waals surface area contributed by atoms with Crippen molar-refractivity contribution in [1.82, 2.24) is 5.32 Å². The molecule has 0 aliphatic heterocycles. The smallest absolute Gasteiger partial charge is 0.288 e. The molecule has 1 N–H and O–H groups in total. The third kappa shape index (κ3) is 3.54. The van der Waals surface area contributed by atoms with E-state index in [2.05, 4.69) is 11.2 Å². The van der Waals surface area contributed by atoms with E-state index < -0.39 is 4.92 Å². The maximum Gasteiger partial charge on any atom is 0.288 e. The van der Waals surface area contributed by atoms with Gasteiger partial charge in [-0.05, 0) is 11.6 Å². The first-order valence-corrected chi connectivity index (χ1v) is 5.10. The molecule has 84 valence electrons. The minimum absolute atomic E-state index is 0.0714. The monoisotopic (exact) mass is 238 g/mol. The summed E-state index contributed by atoms with van der Waals surface area (Å²) in [5, 5.41) is 13.9. The van der Waals surface area contributed by atoms with Crippen LogP contribution in [0.25, 0.3) is 0 Å². The minimum atomic E-state index is -0.493. The maximum absolute atomic E-state index is 10.6. The highest BCUT2D eigenvalue weighted by atomic mass is 35.5. The van der Waals surface area contributed by atoms with Crippen LogP contribution in [0.2, 0.25) is 5.02 Å². The van der Waals surface area contributed by atoms with Gasteiger partial charge in [0, 0.05) is 25.6 Å². The number of nitrogens with zero attached hydrogens (tertiary/aromatic N) is 1. The Balaban J connectivity index is 2.65. The van der Waals surface area contributed by atoms with Crippen LogP contribution in [-0.2, 0) is 6.54 Å². The van der Waals surface area contributed by atoms with Gasteiger partial charge >= 0.3 is 0 Å². The Morgan fingerprint density at radius 1 is 1.56 bits per heavy atom. The summed E-state index contributed by atoms with van der Waals surface area (Å²) in [7, 11) is 0. The lowest BCUT2D eigenvalue weighted by Crippen LogP contribution is -2.14. The zero-order valence-corrected chi connectivity index (χ0v) is 9.33. The average Bonchev–Trinajstić information content (AvgIpc) is 2.26. The van der Waals surface area contributed by atoms with Crippen LogP contribution in [0.4, 0.5) is 5.69 Å². The first-order valence-electron chi connectivity index (χ1n) is 4.72. The number of nitro groups is 1. The van der Waals surface area contributed by atoms with E-state index in [1.165, 1.54) is 12.1 Å². The highest BCUT2D eigenvalue weighted by Crippen LogP contribution is 2.24. The molecule has 0 aliphatic carbocycles. The molecule has 0 radical (unpaired) electrons. The number of hydrogen-bond donors (Lipinski definition) is 1. The Bertz CT molecular complexity index is 426. The fourth-order valence-electron chi connectivity index (χ4n) is 1.20. The molecule has 0 heterocycles. The standard InChI is InChI=1S/C11H11ClN2O2/c1-2-3-6-13-8-9-4-5-10(12)11(7-9)14(15)16/h1,4-5,7,13H,3,6,8H2. The molecule has 0 unspecified atom stereocenters. The molecule has 1 aromatic carbocycles. The number of halogens is 1. The van der Waals surface area contributed by atoms with E-state index in [9.17, 15) is 10.1 Å². The highest BCUT2D eigenvalue weighted by Gasteiger charge is 2.12. The Kier molecular flexibility index (Phi) is 4.77. The molecule has 16 heavy (non-hydrogen) atoms. The molecule has 0 aliphatic rings. The highest BCUT2D eigenvalue weighted by molar-refractivity contribution is 6.32. The molecule has 0 saturated heterocycles. The number of rotatable bonds is 5. The third-order valence-corrected chi connectivity index (χ3v) is 2.30. The van der Waals surface area contributed by atoms with Gasteiger partial charge in [0.15, 0.2) is 0 Å². The molecule has 0 amide bonds. The minimum Gasteiger partial charge on any atom is -0.312 e. The van der Waals surface area contributed by atoms with Crippen LogP contribution in [0.15, 0.2) is 18.2 Å². The van der Waals surface area contributed by atoms with Crippen molar-refractivity contribution >= 4 is 17.3 Å². The third-order valence-electron chi connectivity index (χ3n) is 1.98. The SMILES string of the molecule is C#CCCNCc1ccc(Cl)c([N+](=O)[O-])c1. The summed E-state index contributed by atoms with van der Waals surface area (Å²) < 4.78 is 0. The summed E-state index contributed by atoms with van der Waals surface area (Å²) in [4.78, 5) is 10.1. The number of benzene rings is 1. The van der Waals surface area contributed by atoms with Gasteiger partial charge < -0.3 is 5.32 Å². The van der Waals surface area contributed by atoms with Crippen LogP contribution in [0, 0.1) is 22.5 Å². The van der Waals surface area contributed by atoms with Gasteiger partial charge in [0.25, 0.3) is 5.69 Å². The summed E-state index contributed by atoms with van der Waals surface area (Å²) >= 11 is 5.69. The van der Waals surface area contributed by atoms with Gasteiger partial charge in [-0.15, -0.1) is 12.3 Å². The molecule has 5 heteroatoms. The van der Waals surface area contributed by atoms with E-state index >= 15 is 0 Å². The van der Waals surface area contributed by atoms with Gasteiger partial charge in [-0.1, -0.05) is 17.7 Å². The van der Waals surface area contributed by atoms with E-state index in [1.54, 1.807) is 6.07 Å². The van der Waals surface area contributed by atoms with Crippen molar-refractivity contribution in [2.45, 2.75) is 13.0 Å². The molecular formula is C11H11ClN2O2. The van der Waals surface area contributed by atoms with Gasteiger partial charge in [-0.2, -0.15) is 0 Å². The second kappa shape index (κ2) is 6.11. The van der Waals surface area contributed by atoms with E-state index in [0.29, 0.717) is 19.5 Å². The predicted molar refractivity (Wildman–Crippen MR) is 63.3 cm³/mol. The average molecular weight is 239 g/mol. The molecule has 0 fully saturated rings. The van der Waals surface area contributed by atoms with Crippen LogP contribution < -0.4 is 5.32 Å². The molecule has 0 aromatic heterocycles. The molecule has 1 rings (SSSR count). The Morgan fingerprint density at radius 2 is 2.31 bits per heavy atom. The van der Waals surface area contributed by atoms with Crippen LogP contribution in [-0.4, -0.2) is 11.5 Å². The normalized spacial score (nSPS) is 9.75. The molecule has 1 aromatic rings. The van der Waals surface area contributed by atoms with Crippen LogP contribution in [0.1, 0.15) is 12.0 Å². The number of hydrogen-bond acceptors (Lipinski definition) is 3. The quantitative estimate of drug-likeness (QED) is 0.371. The summed E-state index contributed by atoms with van der Waals surface area (Å²) in [6.07, 6.45) is 5.73. The van der Waals surface area contributed by atoms with Crippen molar-refractivity contribution in [3.05, 3.63) is 38.9 Å². The Morgan fingerprint density at radius 3 is 2.94 bits per heavy atom. The van der Waals surface area contributed by atoms with E-state index in [1.807, 2.05) is 0 Å². The maximum atomic E-state index is 10.6. The number of nitro benzene ring substituents is 1. The van der Waals surface area contributed by atoms with Gasteiger partial charge in [0.05, 0.1) is 4.92 Å². The lowest BCUT2D eigenvalue weighted by molar-refractivity contribution is -0.384. The first-order chi connectivity index (χ1) is 7.65. The topological polar surface area (TPSA) is 55.2 Å². The number of terminal acetylenes is 1. The molecule has 4 nitrogen and oxygen atoms in total. The second-order valence-corrected chi connectivity index (χ2v) is 3.58. The summed E-state index contributed by atoms with van der Waals surface area (Å²) in [6.45, 7) is 1.23. The summed E-state index contributed by atoms with van der Waals surface area (Å²) in [5.41, 5.74) is 0.742. The van der Waals surface area contributed by atoms with Crippen LogP contribution >= 0.6 is 11.6 Å². The zero-order chi connectivity index (χ0) is 12.0. The van der Waals surface area contributed by atoms with Gasteiger partial charge in [0.1, 0.15) is 5.02 Å². The second-order valence-electron chi connectivity index (χ2n) is 3.17. The van der Waals surface area contributed by atoms with E-state index in [-0.39, 0.29) is 10.7 Å². The fraction of sp³-hybridized carbons (Fsp3) is 0.273. The lowest BCUT2D eigenvalue weighted by atomic mass is 10.2. The van der Waals surface area contributed by atoms with Crippen molar-refractivity contribution in [2.75, 3.05) is 6.54 Å². The predicted octanol–water partition coefficient (Wildman–Crippen LogP) is 2.36. The van der Waals surface area contributed by atoms with Gasteiger partial charge in [0.2, 0.25) is 0 Å². The van der Waals surface area contributed by atoms with E-state index in [4.69, 9.17) is 18.0 Å². The zero-order valence-electron chi connectivity index (χ0n) is 8.57.